The lowest BCUT2D eigenvalue weighted by Crippen LogP contribution is -2.10. The monoisotopic (exact) mass is 556 g/mol. The second-order valence-electron chi connectivity index (χ2n) is 12.6. The standard InChI is InChI=1S/C38H69NO/c1-2-3-4-5-6-7-8-9-10-11-12-13-14-15-16-17-18-19-20-21-22-23-24-25-26-27-28-29-33-36-38(40)39-37-34-31-30-32-35-37/h30-32,34-35H,2-29,33,36H2,1H3,(H,39,40). The lowest BCUT2D eigenvalue weighted by atomic mass is 10.0. The highest BCUT2D eigenvalue weighted by Gasteiger charge is 2.02. The van der Waals surface area contributed by atoms with E-state index in [1.165, 1.54) is 180 Å². The van der Waals surface area contributed by atoms with Crippen molar-refractivity contribution in [1.82, 2.24) is 0 Å². The Balaban J connectivity index is 1.65. The Hall–Kier alpha value is -1.31. The molecule has 0 heterocycles. The van der Waals surface area contributed by atoms with Gasteiger partial charge in [-0.2, -0.15) is 0 Å². The van der Waals surface area contributed by atoms with E-state index in [9.17, 15) is 4.79 Å². The van der Waals surface area contributed by atoms with Crippen LogP contribution < -0.4 is 5.32 Å². The van der Waals surface area contributed by atoms with Gasteiger partial charge >= 0.3 is 0 Å². The molecule has 232 valence electrons. The van der Waals surface area contributed by atoms with Crippen molar-refractivity contribution in [3.05, 3.63) is 30.3 Å². The largest absolute Gasteiger partial charge is 0.326 e. The first kappa shape index (κ1) is 36.7. The van der Waals surface area contributed by atoms with E-state index in [0.29, 0.717) is 6.42 Å². The first-order valence-corrected chi connectivity index (χ1v) is 18.2. The van der Waals surface area contributed by atoms with E-state index < -0.39 is 0 Å². The molecule has 0 aromatic heterocycles. The molecule has 0 saturated heterocycles. The van der Waals surface area contributed by atoms with E-state index in [1.54, 1.807) is 0 Å². The zero-order valence-corrected chi connectivity index (χ0v) is 27.0. The second kappa shape index (κ2) is 30.6. The fraction of sp³-hybridized carbons (Fsp3) is 0.816. The van der Waals surface area contributed by atoms with Gasteiger partial charge in [0, 0.05) is 12.1 Å². The van der Waals surface area contributed by atoms with E-state index in [4.69, 9.17) is 0 Å². The second-order valence-corrected chi connectivity index (χ2v) is 12.6. The molecule has 40 heavy (non-hydrogen) atoms. The predicted octanol–water partition coefficient (Wildman–Crippen LogP) is 13.3. The average molecular weight is 556 g/mol. The van der Waals surface area contributed by atoms with E-state index in [0.717, 1.165) is 12.1 Å². The first-order valence-electron chi connectivity index (χ1n) is 18.2. The van der Waals surface area contributed by atoms with Crippen LogP contribution in [-0.4, -0.2) is 5.91 Å². The summed E-state index contributed by atoms with van der Waals surface area (Å²) in [5, 5.41) is 2.97. The van der Waals surface area contributed by atoms with E-state index in [2.05, 4.69) is 12.2 Å². The number of rotatable bonds is 31. The molecule has 1 rings (SSSR count). The Morgan fingerprint density at radius 1 is 0.425 bits per heavy atom. The minimum Gasteiger partial charge on any atom is -0.326 e. The van der Waals surface area contributed by atoms with Crippen molar-refractivity contribution in [3.63, 3.8) is 0 Å². The van der Waals surface area contributed by atoms with Crippen LogP contribution in [-0.2, 0) is 4.79 Å². The van der Waals surface area contributed by atoms with Crippen molar-refractivity contribution < 1.29 is 4.79 Å². The van der Waals surface area contributed by atoms with Gasteiger partial charge in [0.15, 0.2) is 0 Å². The molecule has 1 aromatic rings. The van der Waals surface area contributed by atoms with Gasteiger partial charge in [0.25, 0.3) is 0 Å². The van der Waals surface area contributed by atoms with Gasteiger partial charge in [-0.15, -0.1) is 0 Å². The summed E-state index contributed by atoms with van der Waals surface area (Å²) in [5.74, 6) is 0.149. The average Bonchev–Trinajstić information content (AvgIpc) is 2.97. The zero-order chi connectivity index (χ0) is 28.6. The minimum absolute atomic E-state index is 0.149. The van der Waals surface area contributed by atoms with Crippen molar-refractivity contribution in [2.45, 2.75) is 200 Å². The highest BCUT2D eigenvalue weighted by Crippen LogP contribution is 2.16. The number of benzene rings is 1. The van der Waals surface area contributed by atoms with Gasteiger partial charge in [0.2, 0.25) is 5.91 Å². The van der Waals surface area contributed by atoms with Crippen LogP contribution in [0.4, 0.5) is 5.69 Å². The molecule has 0 atom stereocenters. The predicted molar refractivity (Wildman–Crippen MR) is 179 cm³/mol. The van der Waals surface area contributed by atoms with Gasteiger partial charge < -0.3 is 5.32 Å². The van der Waals surface area contributed by atoms with Crippen molar-refractivity contribution in [1.29, 1.82) is 0 Å². The fourth-order valence-corrected chi connectivity index (χ4v) is 5.88. The molecule has 2 nitrogen and oxygen atoms in total. The zero-order valence-electron chi connectivity index (χ0n) is 27.0. The third-order valence-electron chi connectivity index (χ3n) is 8.56. The van der Waals surface area contributed by atoms with Crippen molar-refractivity contribution in [3.8, 4) is 0 Å². The minimum atomic E-state index is 0.149. The molecule has 0 aliphatic carbocycles. The summed E-state index contributed by atoms with van der Waals surface area (Å²) in [6.07, 6.45) is 41.8. The topological polar surface area (TPSA) is 29.1 Å². The third kappa shape index (κ3) is 26.9. The number of amides is 1. The highest BCUT2D eigenvalue weighted by molar-refractivity contribution is 5.90. The lowest BCUT2D eigenvalue weighted by Gasteiger charge is -2.05. The molecule has 0 bridgehead atoms. The van der Waals surface area contributed by atoms with Crippen LogP contribution >= 0.6 is 0 Å². The quantitative estimate of drug-likeness (QED) is 0.0907. The smallest absolute Gasteiger partial charge is 0.224 e. The molecule has 0 aliphatic heterocycles. The Morgan fingerprint density at radius 3 is 1.00 bits per heavy atom. The van der Waals surface area contributed by atoms with Crippen LogP contribution in [0.3, 0.4) is 0 Å². The summed E-state index contributed by atoms with van der Waals surface area (Å²) in [7, 11) is 0. The molecule has 0 aliphatic rings. The summed E-state index contributed by atoms with van der Waals surface area (Å²) in [4.78, 5) is 12.0. The number of unbranched alkanes of at least 4 members (excludes halogenated alkanes) is 28. The molecule has 0 saturated carbocycles. The summed E-state index contributed by atoms with van der Waals surface area (Å²) in [5.41, 5.74) is 0.905. The summed E-state index contributed by atoms with van der Waals surface area (Å²) < 4.78 is 0. The van der Waals surface area contributed by atoms with Crippen LogP contribution in [0.2, 0.25) is 0 Å². The Morgan fingerprint density at radius 2 is 0.700 bits per heavy atom. The molecule has 2 heteroatoms. The highest BCUT2D eigenvalue weighted by atomic mass is 16.1. The van der Waals surface area contributed by atoms with Crippen molar-refractivity contribution >= 4 is 11.6 Å². The van der Waals surface area contributed by atoms with E-state index in [-0.39, 0.29) is 5.91 Å². The molecule has 1 aromatic carbocycles. The molecule has 0 fully saturated rings. The molecule has 0 spiro atoms. The SMILES string of the molecule is CCCCCCCCCCCCCCCCCCCCCCCCCCCCCCCC(=O)Nc1ccccc1. The number of para-hydroxylation sites is 1. The van der Waals surface area contributed by atoms with Crippen molar-refractivity contribution in [2.24, 2.45) is 0 Å². The number of hydrogen-bond acceptors (Lipinski definition) is 1. The molecular formula is C38H69NO. The number of hydrogen-bond donors (Lipinski definition) is 1. The number of carbonyl (C=O) groups excluding carboxylic acids is 1. The van der Waals surface area contributed by atoms with Gasteiger partial charge in [0.1, 0.15) is 0 Å². The fourth-order valence-electron chi connectivity index (χ4n) is 5.88. The Labute approximate surface area is 251 Å². The lowest BCUT2D eigenvalue weighted by molar-refractivity contribution is -0.116. The Bertz CT molecular complexity index is 628. The van der Waals surface area contributed by atoms with Crippen LogP contribution in [0.25, 0.3) is 0 Å². The van der Waals surface area contributed by atoms with Crippen LogP contribution in [0, 0.1) is 0 Å². The van der Waals surface area contributed by atoms with Gasteiger partial charge in [-0.1, -0.05) is 205 Å². The van der Waals surface area contributed by atoms with E-state index >= 15 is 0 Å². The number of anilines is 1. The van der Waals surface area contributed by atoms with E-state index in [1.807, 2.05) is 30.3 Å². The summed E-state index contributed by atoms with van der Waals surface area (Å²) in [6.45, 7) is 2.30. The summed E-state index contributed by atoms with van der Waals surface area (Å²) in [6, 6.07) is 9.77. The number of nitrogens with one attached hydrogen (secondary N) is 1. The molecule has 1 N–H and O–H groups in total. The number of carbonyl (C=O) groups is 1. The molecule has 0 unspecified atom stereocenters. The maximum atomic E-state index is 12.0. The maximum absolute atomic E-state index is 12.0. The summed E-state index contributed by atoms with van der Waals surface area (Å²) >= 11 is 0. The maximum Gasteiger partial charge on any atom is 0.224 e. The Kier molecular flexibility index (Phi) is 28.1. The van der Waals surface area contributed by atoms with Crippen molar-refractivity contribution in [2.75, 3.05) is 5.32 Å². The van der Waals surface area contributed by atoms with Crippen LogP contribution in [0.1, 0.15) is 200 Å². The third-order valence-corrected chi connectivity index (χ3v) is 8.56. The van der Waals surface area contributed by atoms with Gasteiger partial charge in [0.05, 0.1) is 0 Å². The molecule has 1 amide bonds. The normalized spacial score (nSPS) is 11.2. The van der Waals surface area contributed by atoms with Crippen LogP contribution in [0.5, 0.6) is 0 Å². The molecule has 0 radical (unpaired) electrons. The van der Waals surface area contributed by atoms with Gasteiger partial charge in [-0.3, -0.25) is 4.79 Å². The first-order chi connectivity index (χ1) is 19.8. The molecular weight excluding hydrogens is 486 g/mol. The van der Waals surface area contributed by atoms with Gasteiger partial charge in [-0.25, -0.2) is 0 Å². The van der Waals surface area contributed by atoms with Gasteiger partial charge in [-0.05, 0) is 18.6 Å². The van der Waals surface area contributed by atoms with Crippen LogP contribution in [0.15, 0.2) is 30.3 Å².